The Bertz CT molecular complexity index is 436. The highest BCUT2D eigenvalue weighted by Crippen LogP contribution is 2.17. The molecular formula is C12H16N2O3. The number of amides is 1. The molecule has 0 saturated heterocycles. The second kappa shape index (κ2) is 4.97. The van der Waals surface area contributed by atoms with Crippen molar-refractivity contribution in [2.24, 2.45) is 5.73 Å². The molecule has 0 aliphatic heterocycles. The molecule has 1 aromatic carbocycles. The van der Waals surface area contributed by atoms with E-state index in [1.54, 1.807) is 38.1 Å². The first kappa shape index (κ1) is 13.2. The van der Waals surface area contributed by atoms with Crippen molar-refractivity contribution < 1.29 is 14.3 Å². The molecule has 0 fully saturated rings. The van der Waals surface area contributed by atoms with Gasteiger partial charge < -0.3 is 15.8 Å². The van der Waals surface area contributed by atoms with E-state index in [2.05, 4.69) is 10.1 Å². The van der Waals surface area contributed by atoms with Crippen molar-refractivity contribution in [1.29, 1.82) is 0 Å². The monoisotopic (exact) mass is 236 g/mol. The van der Waals surface area contributed by atoms with Crippen LogP contribution >= 0.6 is 0 Å². The van der Waals surface area contributed by atoms with Gasteiger partial charge in [0, 0.05) is 0 Å². The van der Waals surface area contributed by atoms with E-state index in [1.807, 2.05) is 0 Å². The van der Waals surface area contributed by atoms with Gasteiger partial charge in [-0.25, -0.2) is 4.79 Å². The van der Waals surface area contributed by atoms with Crippen LogP contribution < -0.4 is 11.1 Å². The summed E-state index contributed by atoms with van der Waals surface area (Å²) in [6.45, 7) is 3.17. The molecule has 1 rings (SSSR count). The van der Waals surface area contributed by atoms with Gasteiger partial charge in [-0.2, -0.15) is 0 Å². The predicted octanol–water partition coefficient (Wildman–Crippen LogP) is 1.15. The summed E-state index contributed by atoms with van der Waals surface area (Å²) in [5.41, 5.74) is 5.34. The average Bonchev–Trinajstić information content (AvgIpc) is 2.27. The van der Waals surface area contributed by atoms with Gasteiger partial charge in [0.05, 0.1) is 23.9 Å². The SMILES string of the molecule is COC(=O)c1ccccc1NC(=O)C(C)(C)N. The van der Waals surface area contributed by atoms with Crippen LogP contribution in [0.15, 0.2) is 24.3 Å². The number of hydrogen-bond donors (Lipinski definition) is 2. The Kier molecular flexibility index (Phi) is 3.85. The number of ether oxygens (including phenoxy) is 1. The first-order valence-corrected chi connectivity index (χ1v) is 5.14. The Balaban J connectivity index is 2.99. The van der Waals surface area contributed by atoms with E-state index in [-0.39, 0.29) is 5.91 Å². The van der Waals surface area contributed by atoms with Gasteiger partial charge in [-0.3, -0.25) is 4.79 Å². The second-order valence-electron chi connectivity index (χ2n) is 4.21. The highest BCUT2D eigenvalue weighted by atomic mass is 16.5. The second-order valence-corrected chi connectivity index (χ2v) is 4.21. The van der Waals surface area contributed by atoms with Crippen molar-refractivity contribution in [2.75, 3.05) is 12.4 Å². The lowest BCUT2D eigenvalue weighted by atomic mass is 10.1. The van der Waals surface area contributed by atoms with Crippen molar-refractivity contribution in [1.82, 2.24) is 0 Å². The fourth-order valence-corrected chi connectivity index (χ4v) is 1.16. The molecule has 0 unspecified atom stereocenters. The lowest BCUT2D eigenvalue weighted by Gasteiger charge is -2.18. The van der Waals surface area contributed by atoms with E-state index in [0.29, 0.717) is 11.3 Å². The smallest absolute Gasteiger partial charge is 0.339 e. The molecule has 0 aliphatic carbocycles. The zero-order valence-corrected chi connectivity index (χ0v) is 10.1. The summed E-state index contributed by atoms with van der Waals surface area (Å²) in [6.07, 6.45) is 0. The minimum absolute atomic E-state index is 0.299. The molecule has 0 heterocycles. The Morgan fingerprint density at radius 2 is 1.88 bits per heavy atom. The number of para-hydroxylation sites is 1. The summed E-state index contributed by atoms with van der Waals surface area (Å²) in [7, 11) is 1.29. The molecule has 0 aliphatic rings. The van der Waals surface area contributed by atoms with Gasteiger partial charge in [-0.1, -0.05) is 12.1 Å². The molecule has 0 atom stereocenters. The summed E-state index contributed by atoms with van der Waals surface area (Å²) in [6, 6.07) is 6.60. The van der Waals surface area contributed by atoms with Crippen molar-refractivity contribution in [3.63, 3.8) is 0 Å². The average molecular weight is 236 g/mol. The molecular weight excluding hydrogens is 220 g/mol. The van der Waals surface area contributed by atoms with E-state index in [1.165, 1.54) is 7.11 Å². The third kappa shape index (κ3) is 3.29. The Labute approximate surface area is 99.9 Å². The van der Waals surface area contributed by atoms with Crippen LogP contribution in [0.5, 0.6) is 0 Å². The number of benzene rings is 1. The van der Waals surface area contributed by atoms with E-state index < -0.39 is 11.5 Å². The fourth-order valence-electron chi connectivity index (χ4n) is 1.16. The summed E-state index contributed by atoms with van der Waals surface area (Å²) >= 11 is 0. The highest BCUT2D eigenvalue weighted by molar-refractivity contribution is 6.03. The van der Waals surface area contributed by atoms with Crippen LogP contribution in [-0.2, 0) is 9.53 Å². The number of esters is 1. The maximum Gasteiger partial charge on any atom is 0.339 e. The van der Waals surface area contributed by atoms with Crippen molar-refractivity contribution in [2.45, 2.75) is 19.4 Å². The van der Waals surface area contributed by atoms with Crippen molar-refractivity contribution >= 4 is 17.6 Å². The highest BCUT2D eigenvalue weighted by Gasteiger charge is 2.23. The van der Waals surface area contributed by atoms with Crippen LogP contribution in [0.2, 0.25) is 0 Å². The molecule has 0 spiro atoms. The first-order chi connectivity index (χ1) is 7.86. The molecule has 0 bridgehead atoms. The quantitative estimate of drug-likeness (QED) is 0.771. The van der Waals surface area contributed by atoms with Gasteiger partial charge >= 0.3 is 5.97 Å². The molecule has 0 radical (unpaired) electrons. The van der Waals surface area contributed by atoms with Crippen LogP contribution in [0, 0.1) is 0 Å². The Morgan fingerprint density at radius 3 is 2.41 bits per heavy atom. The van der Waals surface area contributed by atoms with E-state index >= 15 is 0 Å². The van der Waals surface area contributed by atoms with Crippen LogP contribution in [-0.4, -0.2) is 24.5 Å². The largest absolute Gasteiger partial charge is 0.465 e. The minimum Gasteiger partial charge on any atom is -0.465 e. The zero-order chi connectivity index (χ0) is 13.1. The summed E-state index contributed by atoms with van der Waals surface area (Å²) < 4.78 is 4.62. The molecule has 92 valence electrons. The molecule has 1 aromatic rings. The Morgan fingerprint density at radius 1 is 1.29 bits per heavy atom. The minimum atomic E-state index is -1.01. The third-order valence-electron chi connectivity index (χ3n) is 2.17. The number of nitrogens with two attached hydrogens (primary N) is 1. The number of anilines is 1. The molecule has 1 amide bonds. The zero-order valence-electron chi connectivity index (χ0n) is 10.1. The standard InChI is InChI=1S/C12H16N2O3/c1-12(2,13)11(16)14-9-7-5-4-6-8(9)10(15)17-3/h4-7H,13H2,1-3H3,(H,14,16). The topological polar surface area (TPSA) is 81.4 Å². The van der Waals surface area contributed by atoms with Crippen molar-refractivity contribution in [3.05, 3.63) is 29.8 Å². The molecule has 0 saturated carbocycles. The maximum atomic E-state index is 11.7. The van der Waals surface area contributed by atoms with E-state index in [9.17, 15) is 9.59 Å². The van der Waals surface area contributed by atoms with E-state index in [4.69, 9.17) is 5.73 Å². The van der Waals surface area contributed by atoms with E-state index in [0.717, 1.165) is 0 Å². The van der Waals surface area contributed by atoms with Crippen molar-refractivity contribution in [3.8, 4) is 0 Å². The Hall–Kier alpha value is -1.88. The molecule has 5 heteroatoms. The lowest BCUT2D eigenvalue weighted by molar-refractivity contribution is -0.120. The molecule has 17 heavy (non-hydrogen) atoms. The van der Waals surface area contributed by atoms with Gasteiger partial charge in [0.15, 0.2) is 0 Å². The summed E-state index contributed by atoms with van der Waals surface area (Å²) in [5, 5.41) is 2.60. The number of carbonyl (C=O) groups excluding carboxylic acids is 2. The van der Waals surface area contributed by atoms with Gasteiger partial charge in [-0.05, 0) is 26.0 Å². The van der Waals surface area contributed by atoms with Gasteiger partial charge in [0.2, 0.25) is 5.91 Å². The van der Waals surface area contributed by atoms with Crippen LogP contribution in [0.25, 0.3) is 0 Å². The molecule has 5 nitrogen and oxygen atoms in total. The van der Waals surface area contributed by atoms with Gasteiger partial charge in [-0.15, -0.1) is 0 Å². The fraction of sp³-hybridized carbons (Fsp3) is 0.333. The van der Waals surface area contributed by atoms with Crippen LogP contribution in [0.3, 0.4) is 0 Å². The van der Waals surface area contributed by atoms with Crippen LogP contribution in [0.4, 0.5) is 5.69 Å². The number of hydrogen-bond acceptors (Lipinski definition) is 4. The number of rotatable bonds is 3. The predicted molar refractivity (Wildman–Crippen MR) is 64.7 cm³/mol. The first-order valence-electron chi connectivity index (χ1n) is 5.14. The van der Waals surface area contributed by atoms with Gasteiger partial charge in [0.25, 0.3) is 0 Å². The normalized spacial score (nSPS) is 10.8. The number of nitrogens with one attached hydrogen (secondary N) is 1. The summed E-state index contributed by atoms with van der Waals surface area (Å²) in [4.78, 5) is 23.2. The third-order valence-corrected chi connectivity index (χ3v) is 2.17. The van der Waals surface area contributed by atoms with Crippen LogP contribution in [0.1, 0.15) is 24.2 Å². The number of methoxy groups -OCH3 is 1. The molecule has 3 N–H and O–H groups in total. The summed E-state index contributed by atoms with van der Waals surface area (Å²) in [5.74, 6) is -0.871. The number of carbonyl (C=O) groups is 2. The lowest BCUT2D eigenvalue weighted by Crippen LogP contribution is -2.45. The maximum absolute atomic E-state index is 11.7. The molecule has 0 aromatic heterocycles. The van der Waals surface area contributed by atoms with Gasteiger partial charge in [0.1, 0.15) is 0 Å².